The molecule has 0 bridgehead atoms. The molecule has 0 unspecified atom stereocenters. The van der Waals surface area contributed by atoms with E-state index in [0.717, 1.165) is 0 Å². The van der Waals surface area contributed by atoms with Gasteiger partial charge in [0.15, 0.2) is 5.69 Å². The largest absolute Gasteiger partial charge is 0.383 e. The summed E-state index contributed by atoms with van der Waals surface area (Å²) in [6.45, 7) is 2.38. The molecule has 0 fully saturated rings. The summed E-state index contributed by atoms with van der Waals surface area (Å²) in [4.78, 5) is 41.1. The lowest BCUT2D eigenvalue weighted by Gasteiger charge is -2.24. The third-order valence-electron chi connectivity index (χ3n) is 3.85. The van der Waals surface area contributed by atoms with E-state index in [9.17, 15) is 14.4 Å². The molecule has 0 aliphatic heterocycles. The minimum Gasteiger partial charge on any atom is -0.383 e. The Morgan fingerprint density at radius 3 is 2.74 bits per heavy atom. The van der Waals surface area contributed by atoms with Crippen molar-refractivity contribution in [1.82, 2.24) is 9.55 Å². The maximum atomic E-state index is 13.2. The van der Waals surface area contributed by atoms with Gasteiger partial charge in [-0.05, 0) is 24.6 Å². The quantitative estimate of drug-likeness (QED) is 0.660. The van der Waals surface area contributed by atoms with Gasteiger partial charge >= 0.3 is 5.69 Å². The Kier molecular flexibility index (Phi) is 7.23. The fourth-order valence-corrected chi connectivity index (χ4v) is 3.15. The molecule has 2 aromatic rings. The molecule has 0 aliphatic rings. The van der Waals surface area contributed by atoms with Crippen molar-refractivity contribution in [3.8, 4) is 0 Å². The van der Waals surface area contributed by atoms with E-state index in [0.29, 0.717) is 17.4 Å². The van der Waals surface area contributed by atoms with E-state index in [4.69, 9.17) is 22.1 Å². The number of carbonyl (C=O) groups is 1. The molecule has 0 saturated heterocycles. The van der Waals surface area contributed by atoms with Gasteiger partial charge < -0.3 is 10.5 Å². The predicted molar refractivity (Wildman–Crippen MR) is 109 cm³/mol. The second-order valence-corrected chi connectivity index (χ2v) is 7.04. The number of anilines is 2. The van der Waals surface area contributed by atoms with Crippen molar-refractivity contribution < 1.29 is 9.53 Å². The van der Waals surface area contributed by atoms with Crippen LogP contribution in [-0.4, -0.2) is 35.7 Å². The van der Waals surface area contributed by atoms with Crippen LogP contribution in [0.25, 0.3) is 0 Å². The summed E-state index contributed by atoms with van der Waals surface area (Å²) < 4.78 is 6.94. The first-order valence-corrected chi connectivity index (χ1v) is 9.37. The number of aromatic amines is 1. The third-order valence-corrected chi connectivity index (χ3v) is 4.68. The lowest BCUT2D eigenvalue weighted by atomic mass is 10.2. The number of ether oxygens (including phenoxy) is 1. The zero-order valence-electron chi connectivity index (χ0n) is 14.9. The highest BCUT2D eigenvalue weighted by atomic mass is 79.9. The number of benzene rings is 1. The fraction of sp³-hybridized carbons (Fsp3) is 0.353. The fourth-order valence-electron chi connectivity index (χ4n) is 2.59. The third kappa shape index (κ3) is 4.60. The molecule has 1 aromatic heterocycles. The number of amides is 1. The van der Waals surface area contributed by atoms with Crippen LogP contribution in [0, 0.1) is 0 Å². The van der Waals surface area contributed by atoms with Crippen LogP contribution in [-0.2, 0) is 11.3 Å². The average Bonchev–Trinajstić information content (AvgIpc) is 2.62. The first-order valence-electron chi connectivity index (χ1n) is 8.20. The molecular weight excluding hydrogens is 440 g/mol. The van der Waals surface area contributed by atoms with E-state index < -0.39 is 17.2 Å². The molecule has 1 heterocycles. The van der Waals surface area contributed by atoms with Gasteiger partial charge in [0.2, 0.25) is 0 Å². The van der Waals surface area contributed by atoms with Crippen LogP contribution in [0.3, 0.4) is 0 Å². The van der Waals surface area contributed by atoms with Crippen molar-refractivity contribution in [2.45, 2.75) is 19.9 Å². The van der Waals surface area contributed by atoms with Crippen molar-refractivity contribution in [1.29, 1.82) is 0 Å². The molecule has 10 heteroatoms. The number of rotatable bonds is 7. The number of nitrogens with two attached hydrogens (primary N) is 1. The van der Waals surface area contributed by atoms with Crippen LogP contribution in [0.4, 0.5) is 11.5 Å². The molecule has 1 amide bonds. The Hall–Kier alpha value is -2.10. The van der Waals surface area contributed by atoms with E-state index in [2.05, 4.69) is 20.9 Å². The zero-order valence-corrected chi connectivity index (χ0v) is 17.3. The molecule has 8 nitrogen and oxygen atoms in total. The van der Waals surface area contributed by atoms with Crippen LogP contribution < -0.4 is 21.9 Å². The van der Waals surface area contributed by atoms with Gasteiger partial charge in [0, 0.05) is 24.7 Å². The van der Waals surface area contributed by atoms with Crippen molar-refractivity contribution in [2.24, 2.45) is 0 Å². The molecule has 3 N–H and O–H groups in total. The lowest BCUT2D eigenvalue weighted by molar-refractivity contribution is 0.0975. The maximum absolute atomic E-state index is 13.2. The maximum Gasteiger partial charge on any atom is 0.330 e. The Labute approximate surface area is 169 Å². The van der Waals surface area contributed by atoms with Gasteiger partial charge in [0.25, 0.3) is 11.5 Å². The molecule has 2 rings (SSSR count). The van der Waals surface area contributed by atoms with Gasteiger partial charge in [-0.15, -0.1) is 0 Å². The minimum absolute atomic E-state index is 0.0514. The van der Waals surface area contributed by atoms with Gasteiger partial charge in [0.05, 0.1) is 17.2 Å². The standard InChI is InChI=1S/C17H20BrClN4O4/c1-3-6-23-14(20)13(15(24)21-17(23)26)22(7-8-27-2)16(25)11-9-10(18)4-5-12(11)19/h4-5,9H,3,6-8,20H2,1-2H3,(H,21,24,26). The molecule has 0 spiro atoms. The average molecular weight is 460 g/mol. The Bertz CT molecular complexity index is 957. The van der Waals surface area contributed by atoms with E-state index in [1.807, 2.05) is 6.92 Å². The summed E-state index contributed by atoms with van der Waals surface area (Å²) in [7, 11) is 1.47. The zero-order chi connectivity index (χ0) is 20.1. The highest BCUT2D eigenvalue weighted by molar-refractivity contribution is 9.10. The first kappa shape index (κ1) is 21.2. The summed E-state index contributed by atoms with van der Waals surface area (Å²) in [6.07, 6.45) is 0.624. The molecule has 27 heavy (non-hydrogen) atoms. The van der Waals surface area contributed by atoms with E-state index >= 15 is 0 Å². The van der Waals surface area contributed by atoms with Gasteiger partial charge in [-0.3, -0.25) is 24.0 Å². The summed E-state index contributed by atoms with van der Waals surface area (Å²) in [6, 6.07) is 4.82. The Balaban J connectivity index is 2.65. The molecule has 1 aromatic carbocycles. The van der Waals surface area contributed by atoms with Gasteiger partial charge in [-0.25, -0.2) is 4.79 Å². The second-order valence-electron chi connectivity index (χ2n) is 5.72. The van der Waals surface area contributed by atoms with Crippen molar-refractivity contribution in [3.63, 3.8) is 0 Å². The van der Waals surface area contributed by atoms with Crippen LogP contribution in [0.15, 0.2) is 32.3 Å². The number of nitrogens with one attached hydrogen (secondary N) is 1. The second kappa shape index (κ2) is 9.20. The van der Waals surface area contributed by atoms with Gasteiger partial charge in [-0.1, -0.05) is 34.5 Å². The topological polar surface area (TPSA) is 110 Å². The van der Waals surface area contributed by atoms with Crippen molar-refractivity contribution in [2.75, 3.05) is 30.9 Å². The molecular formula is C17H20BrClN4O4. The van der Waals surface area contributed by atoms with Crippen molar-refractivity contribution >= 4 is 44.9 Å². The summed E-state index contributed by atoms with van der Waals surface area (Å²) in [5, 5.41) is 0.225. The predicted octanol–water partition coefficient (Wildman–Crippen LogP) is 2.24. The minimum atomic E-state index is -0.750. The van der Waals surface area contributed by atoms with E-state index in [1.54, 1.807) is 18.2 Å². The van der Waals surface area contributed by atoms with Crippen LogP contribution in [0.2, 0.25) is 5.02 Å². The summed E-state index contributed by atoms with van der Waals surface area (Å²) in [5.41, 5.74) is 4.80. The van der Waals surface area contributed by atoms with Crippen LogP contribution in [0.1, 0.15) is 23.7 Å². The smallest absolute Gasteiger partial charge is 0.330 e. The van der Waals surface area contributed by atoms with Gasteiger partial charge in [0.1, 0.15) is 5.82 Å². The molecule has 0 radical (unpaired) electrons. The number of nitrogen functional groups attached to an aromatic ring is 1. The number of H-pyrrole nitrogens is 1. The molecule has 0 atom stereocenters. The number of carbonyl (C=O) groups excluding carboxylic acids is 1. The monoisotopic (exact) mass is 458 g/mol. The number of halogens is 2. The number of nitrogens with zero attached hydrogens (tertiary/aromatic N) is 2. The van der Waals surface area contributed by atoms with E-state index in [-0.39, 0.29) is 35.2 Å². The first-order chi connectivity index (χ1) is 12.8. The highest BCUT2D eigenvalue weighted by Crippen LogP contribution is 2.25. The number of hydrogen-bond acceptors (Lipinski definition) is 5. The highest BCUT2D eigenvalue weighted by Gasteiger charge is 2.26. The molecule has 146 valence electrons. The van der Waals surface area contributed by atoms with E-state index in [1.165, 1.54) is 16.6 Å². The van der Waals surface area contributed by atoms with Crippen LogP contribution >= 0.6 is 27.5 Å². The number of methoxy groups -OCH3 is 1. The Morgan fingerprint density at radius 1 is 1.41 bits per heavy atom. The molecule has 0 saturated carbocycles. The SMILES string of the molecule is CCCn1c(N)c(N(CCOC)C(=O)c2cc(Br)ccc2Cl)c(=O)[nH]c1=O. The number of hydrogen-bond donors (Lipinski definition) is 2. The Morgan fingerprint density at radius 2 is 2.11 bits per heavy atom. The number of aromatic nitrogens is 2. The van der Waals surface area contributed by atoms with Gasteiger partial charge in [-0.2, -0.15) is 0 Å². The van der Waals surface area contributed by atoms with Crippen LogP contribution in [0.5, 0.6) is 0 Å². The summed E-state index contributed by atoms with van der Waals surface area (Å²) >= 11 is 9.47. The lowest BCUT2D eigenvalue weighted by Crippen LogP contribution is -2.42. The van der Waals surface area contributed by atoms with Crippen molar-refractivity contribution in [3.05, 3.63) is 54.1 Å². The molecule has 0 aliphatic carbocycles. The summed E-state index contributed by atoms with van der Waals surface area (Å²) in [5.74, 6) is -0.613. The normalized spacial score (nSPS) is 10.8.